The monoisotopic (exact) mass is 216 g/mol. The zero-order chi connectivity index (χ0) is 10.5. The molecule has 3 atom stereocenters. The first-order valence-corrected chi connectivity index (χ1v) is 5.33. The van der Waals surface area contributed by atoms with Crippen molar-refractivity contribution in [2.75, 3.05) is 6.54 Å². The van der Waals surface area contributed by atoms with Gasteiger partial charge in [-0.05, 0) is 6.92 Å². The van der Waals surface area contributed by atoms with Crippen LogP contribution in [-0.2, 0) is 9.59 Å². The van der Waals surface area contributed by atoms with Crippen LogP contribution in [0.15, 0.2) is 0 Å². The van der Waals surface area contributed by atoms with Crippen LogP contribution in [0.4, 0.5) is 0 Å². The van der Waals surface area contributed by atoms with E-state index < -0.39 is 16.8 Å². The summed E-state index contributed by atoms with van der Waals surface area (Å²) in [5, 5.41) is 8.72. The number of nitrogens with two attached hydrogens (primary N) is 1. The number of rotatable bonds is 1. The highest BCUT2D eigenvalue weighted by molar-refractivity contribution is 8.00. The number of carbonyl (C=O) groups is 2. The van der Waals surface area contributed by atoms with Crippen molar-refractivity contribution in [1.29, 1.82) is 0 Å². The third-order valence-electron chi connectivity index (χ3n) is 2.94. The highest BCUT2D eigenvalue weighted by Crippen LogP contribution is 2.44. The molecule has 2 unspecified atom stereocenters. The van der Waals surface area contributed by atoms with Crippen LogP contribution in [0.1, 0.15) is 13.3 Å². The van der Waals surface area contributed by atoms with Crippen LogP contribution in [-0.4, -0.2) is 39.2 Å². The Kier molecular flexibility index (Phi) is 2.01. The summed E-state index contributed by atoms with van der Waals surface area (Å²) in [4.78, 5) is 23.8. The Balaban J connectivity index is 2.20. The molecule has 0 spiro atoms. The molecule has 0 bridgehead atoms. The lowest BCUT2D eigenvalue weighted by molar-refractivity contribution is -0.155. The molecule has 0 saturated carbocycles. The van der Waals surface area contributed by atoms with E-state index in [1.54, 1.807) is 11.8 Å². The van der Waals surface area contributed by atoms with Gasteiger partial charge in [0.05, 0.1) is 17.2 Å². The summed E-state index contributed by atoms with van der Waals surface area (Å²) in [7, 11) is 0. The van der Waals surface area contributed by atoms with Crippen molar-refractivity contribution in [2.45, 2.75) is 24.1 Å². The van der Waals surface area contributed by atoms with Gasteiger partial charge in [-0.25, -0.2) is 0 Å². The van der Waals surface area contributed by atoms with Crippen molar-refractivity contribution in [3.8, 4) is 0 Å². The smallest absolute Gasteiger partial charge is 0.313 e. The van der Waals surface area contributed by atoms with Gasteiger partial charge in [0.2, 0.25) is 5.91 Å². The van der Waals surface area contributed by atoms with E-state index in [0.29, 0.717) is 6.42 Å². The fourth-order valence-corrected chi connectivity index (χ4v) is 3.08. The second kappa shape index (κ2) is 2.87. The van der Waals surface area contributed by atoms with Gasteiger partial charge in [0, 0.05) is 6.54 Å². The highest BCUT2D eigenvalue weighted by Gasteiger charge is 2.53. The molecule has 2 saturated heterocycles. The number of aliphatic carboxylic acids is 1. The van der Waals surface area contributed by atoms with Crippen LogP contribution in [0.25, 0.3) is 0 Å². The zero-order valence-electron chi connectivity index (χ0n) is 7.77. The van der Waals surface area contributed by atoms with Gasteiger partial charge >= 0.3 is 5.97 Å². The summed E-state index contributed by atoms with van der Waals surface area (Å²) in [6.07, 6.45) is 0.494. The zero-order valence-corrected chi connectivity index (χ0v) is 8.58. The van der Waals surface area contributed by atoms with Gasteiger partial charge in [-0.15, -0.1) is 11.8 Å². The van der Waals surface area contributed by atoms with Gasteiger partial charge in [-0.1, -0.05) is 0 Å². The Labute approximate surface area is 85.6 Å². The summed E-state index contributed by atoms with van der Waals surface area (Å²) in [5.41, 5.74) is 4.77. The molecule has 2 aliphatic heterocycles. The predicted molar refractivity (Wildman–Crippen MR) is 51.4 cm³/mol. The second-order valence-corrected chi connectivity index (χ2v) is 5.28. The maximum atomic E-state index is 11.2. The molecular formula is C8H12N2O3S. The number of carbonyl (C=O) groups excluding carboxylic acids is 1. The first-order valence-electron chi connectivity index (χ1n) is 4.39. The number of thioether (sulfide) groups is 1. The summed E-state index contributed by atoms with van der Waals surface area (Å²) >= 11 is 1.38. The maximum absolute atomic E-state index is 11.2. The molecule has 14 heavy (non-hydrogen) atoms. The fraction of sp³-hybridized carbons (Fsp3) is 0.750. The molecule has 3 N–H and O–H groups in total. The molecule has 2 aliphatic rings. The highest BCUT2D eigenvalue weighted by atomic mass is 32.2. The summed E-state index contributed by atoms with van der Waals surface area (Å²) in [6, 6.07) is 0. The van der Waals surface area contributed by atoms with Crippen molar-refractivity contribution < 1.29 is 14.7 Å². The average Bonchev–Trinajstić information content (AvgIpc) is 2.11. The van der Waals surface area contributed by atoms with Crippen molar-refractivity contribution in [3.63, 3.8) is 0 Å². The van der Waals surface area contributed by atoms with Crippen LogP contribution in [0.2, 0.25) is 0 Å². The standard InChI is InChI=1S/C8H12N2O3S/c1-8(7(12)13)3-10-4(11)2-5(10)14-6(8)9/h5-6H,2-3,9H2,1H3,(H,12,13)/t5-,6?,8?/m1/s1. The molecule has 0 aliphatic carbocycles. The van der Waals surface area contributed by atoms with Crippen molar-refractivity contribution in [3.05, 3.63) is 0 Å². The average molecular weight is 216 g/mol. The number of amides is 1. The van der Waals surface area contributed by atoms with Crippen LogP contribution in [0.5, 0.6) is 0 Å². The molecule has 1 amide bonds. The number of β-lactam (4-membered cyclic amide) rings is 1. The minimum atomic E-state index is -1.02. The lowest BCUT2D eigenvalue weighted by Gasteiger charge is -2.51. The van der Waals surface area contributed by atoms with Gasteiger partial charge in [0.25, 0.3) is 0 Å². The molecule has 0 radical (unpaired) electrons. The number of hydrogen-bond acceptors (Lipinski definition) is 4. The van der Waals surface area contributed by atoms with Gasteiger partial charge in [0.1, 0.15) is 5.41 Å². The number of carboxylic acid groups (broad SMARTS) is 1. The third kappa shape index (κ3) is 1.14. The summed E-state index contributed by atoms with van der Waals surface area (Å²) < 4.78 is 0. The Morgan fingerprint density at radius 2 is 2.43 bits per heavy atom. The van der Waals surface area contributed by atoms with Crippen LogP contribution < -0.4 is 5.73 Å². The fourth-order valence-electron chi connectivity index (χ4n) is 1.69. The van der Waals surface area contributed by atoms with Crippen molar-refractivity contribution >= 4 is 23.6 Å². The molecule has 5 nitrogen and oxygen atoms in total. The van der Waals surface area contributed by atoms with Gasteiger partial charge < -0.3 is 15.7 Å². The van der Waals surface area contributed by atoms with E-state index in [-0.39, 0.29) is 17.8 Å². The number of carboxylic acids is 1. The molecular weight excluding hydrogens is 204 g/mol. The van der Waals surface area contributed by atoms with Gasteiger partial charge in [-0.2, -0.15) is 0 Å². The number of fused-ring (bicyclic) bond motifs is 1. The first kappa shape index (κ1) is 9.79. The molecule has 6 heteroatoms. The third-order valence-corrected chi connectivity index (χ3v) is 4.48. The minimum Gasteiger partial charge on any atom is -0.481 e. The molecule has 78 valence electrons. The van der Waals surface area contributed by atoms with Gasteiger partial charge in [-0.3, -0.25) is 9.59 Å². The van der Waals surface area contributed by atoms with Crippen LogP contribution in [0.3, 0.4) is 0 Å². The summed E-state index contributed by atoms with van der Waals surface area (Å²) in [5.74, 6) is -0.905. The molecule has 0 aromatic carbocycles. The van der Waals surface area contributed by atoms with E-state index in [2.05, 4.69) is 0 Å². The van der Waals surface area contributed by atoms with E-state index >= 15 is 0 Å². The van der Waals surface area contributed by atoms with E-state index in [1.807, 2.05) is 0 Å². The minimum absolute atomic E-state index is 0.0295. The Bertz CT molecular complexity index is 309. The van der Waals surface area contributed by atoms with Gasteiger partial charge in [0.15, 0.2) is 0 Å². The number of nitrogens with zero attached hydrogens (tertiary/aromatic N) is 1. The Morgan fingerprint density at radius 1 is 1.79 bits per heavy atom. The molecule has 0 aromatic heterocycles. The first-order chi connectivity index (χ1) is 6.45. The summed E-state index contributed by atoms with van der Waals surface area (Å²) in [6.45, 7) is 1.83. The predicted octanol–water partition coefficient (Wildman–Crippen LogP) is -0.333. The van der Waals surface area contributed by atoms with E-state index in [0.717, 1.165) is 0 Å². The van der Waals surface area contributed by atoms with Crippen molar-refractivity contribution in [2.24, 2.45) is 11.1 Å². The topological polar surface area (TPSA) is 83.6 Å². The molecule has 0 aromatic rings. The van der Waals surface area contributed by atoms with E-state index in [4.69, 9.17) is 10.8 Å². The normalized spacial score (nSPS) is 41.6. The van der Waals surface area contributed by atoms with Crippen LogP contribution in [0, 0.1) is 5.41 Å². The quantitative estimate of drug-likeness (QED) is 0.586. The number of hydrogen-bond donors (Lipinski definition) is 2. The lowest BCUT2D eigenvalue weighted by atomic mass is 9.88. The second-order valence-electron chi connectivity index (χ2n) is 3.96. The van der Waals surface area contributed by atoms with Crippen LogP contribution >= 0.6 is 11.8 Å². The molecule has 2 heterocycles. The van der Waals surface area contributed by atoms with E-state index in [1.165, 1.54) is 11.8 Å². The Morgan fingerprint density at radius 3 is 2.93 bits per heavy atom. The molecule has 2 rings (SSSR count). The SMILES string of the molecule is CC1(C(=O)O)CN2C(=O)C[C@H]2SC1N. The lowest BCUT2D eigenvalue weighted by Crippen LogP contribution is -2.64. The Hall–Kier alpha value is -0.750. The largest absolute Gasteiger partial charge is 0.481 e. The van der Waals surface area contributed by atoms with E-state index in [9.17, 15) is 9.59 Å². The van der Waals surface area contributed by atoms with Crippen molar-refractivity contribution in [1.82, 2.24) is 4.90 Å². The maximum Gasteiger partial charge on any atom is 0.313 e. The molecule has 2 fully saturated rings.